The number of benzene rings is 2. The summed E-state index contributed by atoms with van der Waals surface area (Å²) in [5.74, 6) is 0.559. The number of aromatic nitrogens is 3. The molecule has 2 heterocycles. The van der Waals surface area contributed by atoms with Crippen LogP contribution in [0, 0.1) is 0 Å². The van der Waals surface area contributed by atoms with Gasteiger partial charge in [0.2, 0.25) is 0 Å². The largest absolute Gasteiger partial charge is 0.481 e. The summed E-state index contributed by atoms with van der Waals surface area (Å²) in [5.41, 5.74) is 13.3. The van der Waals surface area contributed by atoms with E-state index in [-0.39, 0.29) is 30.9 Å². The molecule has 0 spiro atoms. The van der Waals surface area contributed by atoms with Gasteiger partial charge in [-0.25, -0.2) is 9.78 Å². The number of carboxylic acid groups (broad SMARTS) is 1. The van der Waals surface area contributed by atoms with Crippen LogP contribution in [0.5, 0.6) is 11.5 Å². The molecule has 0 saturated carbocycles. The van der Waals surface area contributed by atoms with Crippen LogP contribution in [0.15, 0.2) is 71.7 Å². The summed E-state index contributed by atoms with van der Waals surface area (Å²) in [7, 11) is 0. The van der Waals surface area contributed by atoms with Gasteiger partial charge in [0.15, 0.2) is 0 Å². The molecule has 5 N–H and O–H groups in total. The second-order valence-corrected chi connectivity index (χ2v) is 7.28. The number of pyridine rings is 1. The Bertz CT molecular complexity index is 1300. The van der Waals surface area contributed by atoms with E-state index < -0.39 is 12.0 Å². The summed E-state index contributed by atoms with van der Waals surface area (Å²) in [6.45, 7) is 0.110. The van der Waals surface area contributed by atoms with E-state index >= 15 is 0 Å². The van der Waals surface area contributed by atoms with Crippen LogP contribution in [0.4, 0.5) is 5.82 Å². The lowest BCUT2D eigenvalue weighted by atomic mass is 10.1. The normalized spacial score (nSPS) is 12.0. The molecule has 0 amide bonds. The summed E-state index contributed by atoms with van der Waals surface area (Å²) < 4.78 is 8.79. The highest BCUT2D eigenvalue weighted by molar-refractivity contribution is 5.87. The maximum Gasteiger partial charge on any atom is 0.334 e. The number of nitrogens with zero attached hydrogens (tertiary/aromatic N) is 3. The number of carboxylic acids is 1. The molecule has 0 aliphatic carbocycles. The number of para-hydroxylation sites is 1. The van der Waals surface area contributed by atoms with Gasteiger partial charge in [-0.2, -0.15) is 0 Å². The van der Waals surface area contributed by atoms with E-state index in [1.807, 2.05) is 30.3 Å². The molecule has 4 rings (SSSR count). The van der Waals surface area contributed by atoms with Crippen LogP contribution >= 0.6 is 0 Å². The lowest BCUT2D eigenvalue weighted by Gasteiger charge is -2.15. The lowest BCUT2D eigenvalue weighted by molar-refractivity contribution is -0.137. The zero-order valence-electron chi connectivity index (χ0n) is 17.2. The number of hydrogen-bond acceptors (Lipinski definition) is 6. The number of nitrogen functional groups attached to an aromatic ring is 1. The summed E-state index contributed by atoms with van der Waals surface area (Å²) in [6, 6.07) is 17.6. The molecule has 0 unspecified atom stereocenters. The molecular weight excluding hydrogens is 410 g/mol. The van der Waals surface area contributed by atoms with Gasteiger partial charge in [0.25, 0.3) is 0 Å². The fraction of sp³-hybridized carbons (Fsp3) is 0.174. The second-order valence-electron chi connectivity index (χ2n) is 7.28. The number of imidazole rings is 1. The van der Waals surface area contributed by atoms with Crippen LogP contribution in [-0.4, -0.2) is 31.7 Å². The van der Waals surface area contributed by atoms with Crippen molar-refractivity contribution in [3.63, 3.8) is 0 Å². The molecule has 9 heteroatoms. The molecule has 0 aliphatic rings. The predicted octanol–water partition coefficient (Wildman–Crippen LogP) is 2.93. The molecule has 2 aromatic heterocycles. The van der Waals surface area contributed by atoms with Crippen LogP contribution in [-0.2, 0) is 4.79 Å². The molecule has 0 bridgehead atoms. The number of aliphatic carboxylic acids is 1. The van der Waals surface area contributed by atoms with E-state index in [1.165, 1.54) is 15.3 Å². The Balaban J connectivity index is 1.78. The summed E-state index contributed by atoms with van der Waals surface area (Å²) in [5, 5.41) is 9.07. The number of nitrogens with two attached hydrogens (primary N) is 2. The zero-order chi connectivity index (χ0) is 22.7. The van der Waals surface area contributed by atoms with Crippen molar-refractivity contribution in [1.29, 1.82) is 0 Å². The second kappa shape index (κ2) is 8.94. The van der Waals surface area contributed by atoms with Gasteiger partial charge < -0.3 is 21.3 Å². The van der Waals surface area contributed by atoms with Gasteiger partial charge in [0.1, 0.15) is 22.8 Å². The highest BCUT2D eigenvalue weighted by atomic mass is 16.5. The molecule has 32 heavy (non-hydrogen) atoms. The zero-order valence-corrected chi connectivity index (χ0v) is 17.2. The van der Waals surface area contributed by atoms with E-state index in [2.05, 4.69) is 4.98 Å². The maximum atomic E-state index is 13.5. The van der Waals surface area contributed by atoms with E-state index in [0.29, 0.717) is 28.2 Å². The summed E-state index contributed by atoms with van der Waals surface area (Å²) in [6.07, 6.45) is 1.63. The van der Waals surface area contributed by atoms with Gasteiger partial charge in [-0.1, -0.05) is 18.2 Å². The predicted molar refractivity (Wildman–Crippen MR) is 121 cm³/mol. The van der Waals surface area contributed by atoms with Crippen LogP contribution in [0.25, 0.3) is 16.7 Å². The van der Waals surface area contributed by atoms with Crippen molar-refractivity contribution in [3.05, 3.63) is 77.3 Å². The molecule has 4 aromatic rings. The smallest absolute Gasteiger partial charge is 0.334 e. The van der Waals surface area contributed by atoms with Gasteiger partial charge in [-0.05, 0) is 48.9 Å². The number of hydrogen-bond donors (Lipinski definition) is 3. The maximum absolute atomic E-state index is 13.5. The number of ether oxygens (including phenoxy) is 1. The van der Waals surface area contributed by atoms with Gasteiger partial charge in [-0.15, -0.1) is 0 Å². The Labute approximate surface area is 183 Å². The Morgan fingerprint density at radius 3 is 2.41 bits per heavy atom. The first-order valence-electron chi connectivity index (χ1n) is 10.1. The average Bonchev–Trinajstić information content (AvgIpc) is 3.09. The number of carbonyl (C=O) groups is 1. The van der Waals surface area contributed by atoms with Crippen molar-refractivity contribution in [2.75, 3.05) is 12.3 Å². The van der Waals surface area contributed by atoms with Gasteiger partial charge >= 0.3 is 11.7 Å². The SMILES string of the molecule is NC[C@@H](CCC(=O)O)n1c(=O)n(-c2ccc(Oc3ccccc3)cc2)c2c(N)nccc21. The van der Waals surface area contributed by atoms with Crippen LogP contribution < -0.4 is 21.9 Å². The molecule has 0 fully saturated rings. The Kier molecular flexibility index (Phi) is 5.91. The third-order valence-corrected chi connectivity index (χ3v) is 5.21. The minimum absolute atomic E-state index is 0.104. The van der Waals surface area contributed by atoms with E-state index in [9.17, 15) is 9.59 Å². The first kappa shape index (κ1) is 21.1. The Morgan fingerprint density at radius 2 is 1.75 bits per heavy atom. The molecule has 0 saturated heterocycles. The number of rotatable bonds is 8. The standard InChI is InChI=1S/C23H23N5O4/c24-14-16(8-11-20(29)30)27-19-12-13-26-22(25)21(19)28(23(27)31)15-6-9-18(10-7-15)32-17-4-2-1-3-5-17/h1-7,9-10,12-13,16H,8,11,14,24H2,(H2,25,26)(H,29,30)/t16-/m1/s1. The fourth-order valence-electron chi connectivity index (χ4n) is 3.71. The van der Waals surface area contributed by atoms with Crippen molar-refractivity contribution < 1.29 is 14.6 Å². The molecule has 164 valence electrons. The summed E-state index contributed by atoms with van der Waals surface area (Å²) in [4.78, 5) is 28.7. The first-order chi connectivity index (χ1) is 15.5. The van der Waals surface area contributed by atoms with Crippen molar-refractivity contribution in [3.8, 4) is 17.2 Å². The first-order valence-corrected chi connectivity index (χ1v) is 10.1. The minimum atomic E-state index is -0.949. The highest BCUT2D eigenvalue weighted by Gasteiger charge is 2.23. The Hall–Kier alpha value is -4.11. The van der Waals surface area contributed by atoms with E-state index in [0.717, 1.165) is 0 Å². The lowest BCUT2D eigenvalue weighted by Crippen LogP contribution is -2.31. The van der Waals surface area contributed by atoms with E-state index in [1.54, 1.807) is 30.3 Å². The number of fused-ring (bicyclic) bond motifs is 1. The van der Waals surface area contributed by atoms with E-state index in [4.69, 9.17) is 21.3 Å². The van der Waals surface area contributed by atoms with Crippen LogP contribution in [0.2, 0.25) is 0 Å². The van der Waals surface area contributed by atoms with Gasteiger partial charge in [-0.3, -0.25) is 13.9 Å². The Morgan fingerprint density at radius 1 is 1.06 bits per heavy atom. The monoisotopic (exact) mass is 433 g/mol. The average molecular weight is 433 g/mol. The minimum Gasteiger partial charge on any atom is -0.481 e. The third-order valence-electron chi connectivity index (χ3n) is 5.21. The molecule has 0 aliphatic heterocycles. The topological polar surface area (TPSA) is 138 Å². The molecular formula is C23H23N5O4. The molecule has 9 nitrogen and oxygen atoms in total. The van der Waals surface area contributed by atoms with Crippen LogP contribution in [0.1, 0.15) is 18.9 Å². The van der Waals surface area contributed by atoms with Gasteiger partial charge in [0.05, 0.1) is 17.2 Å². The fourth-order valence-corrected chi connectivity index (χ4v) is 3.71. The molecule has 2 aromatic carbocycles. The quantitative estimate of drug-likeness (QED) is 0.388. The molecule has 0 radical (unpaired) electrons. The van der Waals surface area contributed by atoms with Crippen molar-refractivity contribution >= 4 is 22.8 Å². The summed E-state index contributed by atoms with van der Waals surface area (Å²) >= 11 is 0. The third kappa shape index (κ3) is 4.06. The van der Waals surface area contributed by atoms with Crippen molar-refractivity contribution in [2.24, 2.45) is 5.73 Å². The molecule has 1 atom stereocenters. The van der Waals surface area contributed by atoms with Crippen molar-refractivity contribution in [2.45, 2.75) is 18.9 Å². The van der Waals surface area contributed by atoms with Gasteiger partial charge in [0, 0.05) is 19.2 Å². The van der Waals surface area contributed by atoms with Crippen molar-refractivity contribution in [1.82, 2.24) is 14.1 Å². The van der Waals surface area contributed by atoms with Crippen LogP contribution in [0.3, 0.4) is 0 Å². The highest BCUT2D eigenvalue weighted by Crippen LogP contribution is 2.27. The number of anilines is 1.